The number of hydrogen-bond acceptors (Lipinski definition) is 6. The Morgan fingerprint density at radius 3 is 2.50 bits per heavy atom. The number of para-hydroxylation sites is 1. The Bertz CT molecular complexity index is 772. The van der Waals surface area contributed by atoms with Crippen molar-refractivity contribution in [3.05, 3.63) is 47.7 Å². The number of carbonyl (C=O) groups is 3. The summed E-state index contributed by atoms with van der Waals surface area (Å²) in [5.41, 5.74) is 1.43. The number of urea groups is 1. The van der Waals surface area contributed by atoms with E-state index in [-0.39, 0.29) is 11.7 Å². The van der Waals surface area contributed by atoms with E-state index in [0.29, 0.717) is 5.69 Å². The van der Waals surface area contributed by atoms with E-state index in [1.807, 2.05) is 18.2 Å². The lowest BCUT2D eigenvalue weighted by atomic mass is 10.0. The number of esters is 2. The molecule has 26 heavy (non-hydrogen) atoms. The number of nitrogens with one attached hydrogen (secondary N) is 1. The fourth-order valence-electron chi connectivity index (χ4n) is 2.64. The van der Waals surface area contributed by atoms with Gasteiger partial charge in [0, 0.05) is 14.1 Å². The number of likely N-dealkylation sites (N-methyl/N-ethyl adjacent to an activating group) is 1. The molecule has 1 heterocycles. The van der Waals surface area contributed by atoms with Crippen molar-refractivity contribution in [3.8, 4) is 0 Å². The van der Waals surface area contributed by atoms with E-state index in [1.165, 1.54) is 26.2 Å². The number of ether oxygens (including phenoxy) is 2. The molecule has 138 valence electrons. The second-order valence-corrected chi connectivity index (χ2v) is 5.41. The van der Waals surface area contributed by atoms with Gasteiger partial charge in [0.25, 0.3) is 0 Å². The summed E-state index contributed by atoms with van der Waals surface area (Å²) >= 11 is 0. The topological polar surface area (TPSA) is 88.2 Å². The smallest absolute Gasteiger partial charge is 0.355 e. The summed E-state index contributed by atoms with van der Waals surface area (Å²) in [4.78, 5) is 39.3. The minimum absolute atomic E-state index is 0.0445. The Kier molecular flexibility index (Phi) is 6.00. The number of hydrogen-bond donors (Lipinski definition) is 1. The van der Waals surface area contributed by atoms with E-state index in [4.69, 9.17) is 4.74 Å². The van der Waals surface area contributed by atoms with Crippen molar-refractivity contribution < 1.29 is 23.9 Å². The third-order valence-corrected chi connectivity index (χ3v) is 3.95. The summed E-state index contributed by atoms with van der Waals surface area (Å²) in [5.74, 6) is -1.44. The zero-order chi connectivity index (χ0) is 19.3. The van der Waals surface area contributed by atoms with Crippen LogP contribution in [0.2, 0.25) is 0 Å². The zero-order valence-electron chi connectivity index (χ0n) is 15.1. The molecule has 0 aromatic heterocycles. The molecule has 1 aromatic rings. The molecule has 0 spiro atoms. The van der Waals surface area contributed by atoms with Gasteiger partial charge in [0.15, 0.2) is 0 Å². The lowest BCUT2D eigenvalue weighted by Crippen LogP contribution is -2.52. The lowest BCUT2D eigenvalue weighted by molar-refractivity contribution is -0.138. The van der Waals surface area contributed by atoms with Crippen molar-refractivity contribution in [2.45, 2.75) is 6.17 Å². The molecule has 1 aliphatic rings. The van der Waals surface area contributed by atoms with Crippen molar-refractivity contribution in [1.82, 2.24) is 10.2 Å². The summed E-state index contributed by atoms with van der Waals surface area (Å²) in [6, 6.07) is 6.95. The SMILES string of the molecule is CNC(=O)N(C)C1C=Cc2ccccc2N1/C(=C/C(=O)OC)C(=O)OC. The lowest BCUT2D eigenvalue weighted by Gasteiger charge is -2.40. The number of fused-ring (bicyclic) bond motifs is 1. The third kappa shape index (κ3) is 3.69. The fourth-order valence-corrected chi connectivity index (χ4v) is 2.64. The predicted octanol–water partition coefficient (Wildman–Crippen LogP) is 1.35. The predicted molar refractivity (Wildman–Crippen MR) is 96.1 cm³/mol. The van der Waals surface area contributed by atoms with Crippen LogP contribution in [0.5, 0.6) is 0 Å². The number of rotatable bonds is 4. The largest absolute Gasteiger partial charge is 0.466 e. The van der Waals surface area contributed by atoms with Crippen LogP contribution in [0.1, 0.15) is 5.56 Å². The zero-order valence-corrected chi connectivity index (χ0v) is 15.1. The Balaban J connectivity index is 2.63. The van der Waals surface area contributed by atoms with E-state index in [1.54, 1.807) is 30.2 Å². The molecule has 0 fully saturated rings. The van der Waals surface area contributed by atoms with Gasteiger partial charge >= 0.3 is 18.0 Å². The van der Waals surface area contributed by atoms with Gasteiger partial charge in [-0.15, -0.1) is 0 Å². The molecule has 8 heteroatoms. The summed E-state index contributed by atoms with van der Waals surface area (Å²) in [7, 11) is 5.53. The molecular formula is C18H21N3O5. The van der Waals surface area contributed by atoms with Gasteiger partial charge in [0.05, 0.1) is 26.0 Å². The van der Waals surface area contributed by atoms with E-state index in [2.05, 4.69) is 10.1 Å². The maximum Gasteiger partial charge on any atom is 0.355 e. The van der Waals surface area contributed by atoms with E-state index in [0.717, 1.165) is 11.6 Å². The van der Waals surface area contributed by atoms with Crippen molar-refractivity contribution in [2.24, 2.45) is 0 Å². The normalized spacial score (nSPS) is 15.8. The van der Waals surface area contributed by atoms with Crippen molar-refractivity contribution in [3.63, 3.8) is 0 Å². The highest BCUT2D eigenvalue weighted by atomic mass is 16.5. The van der Waals surface area contributed by atoms with Crippen LogP contribution in [0.15, 0.2) is 42.1 Å². The molecular weight excluding hydrogens is 338 g/mol. The monoisotopic (exact) mass is 359 g/mol. The Hall–Kier alpha value is -3.29. The first kappa shape index (κ1) is 19.0. The van der Waals surface area contributed by atoms with Gasteiger partial charge in [-0.05, 0) is 17.7 Å². The highest BCUT2D eigenvalue weighted by Crippen LogP contribution is 2.33. The Morgan fingerprint density at radius 1 is 1.19 bits per heavy atom. The van der Waals surface area contributed by atoms with Crippen LogP contribution < -0.4 is 10.2 Å². The average molecular weight is 359 g/mol. The minimum atomic E-state index is -0.726. The summed E-state index contributed by atoms with van der Waals surface area (Å²) in [5, 5.41) is 2.54. The van der Waals surface area contributed by atoms with Gasteiger partial charge in [-0.3, -0.25) is 0 Å². The molecule has 1 aliphatic heterocycles. The second kappa shape index (κ2) is 8.19. The molecule has 1 N–H and O–H groups in total. The maximum absolute atomic E-state index is 12.4. The molecule has 0 radical (unpaired) electrons. The van der Waals surface area contributed by atoms with Crippen LogP contribution in [-0.2, 0) is 19.1 Å². The fraction of sp³-hybridized carbons (Fsp3) is 0.278. The first-order valence-corrected chi connectivity index (χ1v) is 7.83. The van der Waals surface area contributed by atoms with Crippen LogP contribution in [0.3, 0.4) is 0 Å². The standard InChI is InChI=1S/C18H21N3O5/c1-19-18(24)20(2)15-10-9-12-7-5-6-8-13(12)21(15)14(17(23)26-4)11-16(22)25-3/h5-11,15H,1-4H3,(H,19,24)/b14-11+. The van der Waals surface area contributed by atoms with Crippen molar-refractivity contribution in [1.29, 1.82) is 0 Å². The van der Waals surface area contributed by atoms with Gasteiger partial charge in [-0.25, -0.2) is 14.4 Å². The van der Waals surface area contributed by atoms with E-state index in [9.17, 15) is 14.4 Å². The molecule has 0 saturated carbocycles. The highest BCUT2D eigenvalue weighted by molar-refractivity contribution is 6.00. The minimum Gasteiger partial charge on any atom is -0.466 e. The molecule has 1 atom stereocenters. The van der Waals surface area contributed by atoms with Gasteiger partial charge < -0.3 is 24.6 Å². The molecule has 0 aliphatic carbocycles. The van der Waals surface area contributed by atoms with Crippen LogP contribution in [0.25, 0.3) is 6.08 Å². The van der Waals surface area contributed by atoms with Gasteiger partial charge in [-0.2, -0.15) is 0 Å². The van der Waals surface area contributed by atoms with E-state index >= 15 is 0 Å². The number of amides is 2. The van der Waals surface area contributed by atoms with Gasteiger partial charge in [0.1, 0.15) is 11.9 Å². The molecule has 0 bridgehead atoms. The Morgan fingerprint density at radius 2 is 1.88 bits per heavy atom. The number of carbonyl (C=O) groups excluding carboxylic acids is 3. The first-order valence-electron chi connectivity index (χ1n) is 7.83. The quantitative estimate of drug-likeness (QED) is 0.645. The molecule has 2 rings (SSSR count). The van der Waals surface area contributed by atoms with Gasteiger partial charge in [0.2, 0.25) is 0 Å². The van der Waals surface area contributed by atoms with Crippen LogP contribution in [-0.4, -0.2) is 57.4 Å². The number of nitrogens with zero attached hydrogens (tertiary/aromatic N) is 2. The number of anilines is 1. The second-order valence-electron chi connectivity index (χ2n) is 5.41. The molecule has 0 saturated heterocycles. The third-order valence-electron chi connectivity index (χ3n) is 3.95. The summed E-state index contributed by atoms with van der Waals surface area (Å²) < 4.78 is 9.50. The molecule has 2 amide bonds. The molecule has 8 nitrogen and oxygen atoms in total. The molecule has 1 unspecified atom stereocenters. The molecule has 1 aromatic carbocycles. The van der Waals surface area contributed by atoms with E-state index < -0.39 is 18.1 Å². The summed E-state index contributed by atoms with van der Waals surface area (Å²) in [6.07, 6.45) is 4.00. The highest BCUT2D eigenvalue weighted by Gasteiger charge is 2.34. The first-order chi connectivity index (χ1) is 12.4. The number of methoxy groups -OCH3 is 2. The van der Waals surface area contributed by atoms with Crippen LogP contribution >= 0.6 is 0 Å². The van der Waals surface area contributed by atoms with Crippen LogP contribution in [0, 0.1) is 0 Å². The van der Waals surface area contributed by atoms with Crippen molar-refractivity contribution >= 4 is 29.7 Å². The van der Waals surface area contributed by atoms with Gasteiger partial charge in [-0.1, -0.05) is 24.3 Å². The average Bonchev–Trinajstić information content (AvgIpc) is 2.69. The maximum atomic E-state index is 12.4. The summed E-state index contributed by atoms with van der Waals surface area (Å²) in [6.45, 7) is 0. The number of benzene rings is 1. The van der Waals surface area contributed by atoms with Crippen LogP contribution in [0.4, 0.5) is 10.5 Å². The Labute approximate surface area is 151 Å². The van der Waals surface area contributed by atoms with Crippen molar-refractivity contribution in [2.75, 3.05) is 33.2 Å².